The number of urea groups is 1. The SMILES string of the molecule is CCCN(CC(=O)N(CCc1ccc(OC)c(OC)c1)Cc1sccc1C)C(=O)Nc1cccc(C(F)(F)F)c1. The molecule has 7 nitrogen and oxygen atoms in total. The Morgan fingerprint density at radius 1 is 0.975 bits per heavy atom. The third-order valence-electron chi connectivity index (χ3n) is 6.32. The second-order valence-electron chi connectivity index (χ2n) is 9.21. The predicted molar refractivity (Wildman–Crippen MR) is 150 cm³/mol. The van der Waals surface area contributed by atoms with Gasteiger partial charge >= 0.3 is 12.2 Å². The van der Waals surface area contributed by atoms with Crippen molar-refractivity contribution < 1.29 is 32.2 Å². The Balaban J connectivity index is 1.76. The first-order valence-corrected chi connectivity index (χ1v) is 13.7. The maximum Gasteiger partial charge on any atom is 0.416 e. The number of methoxy groups -OCH3 is 2. The number of ether oxygens (including phenoxy) is 2. The third-order valence-corrected chi connectivity index (χ3v) is 7.33. The maximum absolute atomic E-state index is 13.6. The number of carbonyl (C=O) groups excluding carboxylic acids is 2. The van der Waals surface area contributed by atoms with Gasteiger partial charge in [0.1, 0.15) is 6.54 Å². The van der Waals surface area contributed by atoms with Gasteiger partial charge in [0.05, 0.1) is 26.3 Å². The van der Waals surface area contributed by atoms with Crippen molar-refractivity contribution in [3.05, 3.63) is 75.5 Å². The van der Waals surface area contributed by atoms with Crippen LogP contribution < -0.4 is 14.8 Å². The number of nitrogens with zero attached hydrogens (tertiary/aromatic N) is 2. The molecule has 0 aliphatic rings. The summed E-state index contributed by atoms with van der Waals surface area (Å²) in [5, 5.41) is 4.48. The Morgan fingerprint density at radius 2 is 1.73 bits per heavy atom. The quantitative estimate of drug-likeness (QED) is 0.263. The van der Waals surface area contributed by atoms with Crippen LogP contribution in [0.3, 0.4) is 0 Å². The number of alkyl halides is 3. The molecule has 0 unspecified atom stereocenters. The number of halogens is 3. The smallest absolute Gasteiger partial charge is 0.416 e. The number of hydrogen-bond acceptors (Lipinski definition) is 5. The fraction of sp³-hybridized carbons (Fsp3) is 0.379. The molecule has 1 heterocycles. The summed E-state index contributed by atoms with van der Waals surface area (Å²) in [4.78, 5) is 30.7. The molecule has 11 heteroatoms. The van der Waals surface area contributed by atoms with E-state index in [1.807, 2.05) is 43.5 Å². The first-order valence-electron chi connectivity index (χ1n) is 12.8. The minimum absolute atomic E-state index is 0.00731. The highest BCUT2D eigenvalue weighted by Crippen LogP contribution is 2.31. The van der Waals surface area contributed by atoms with E-state index in [1.54, 1.807) is 30.5 Å². The molecule has 3 aromatic rings. The fourth-order valence-electron chi connectivity index (χ4n) is 4.09. The average molecular weight is 578 g/mol. The van der Waals surface area contributed by atoms with Gasteiger partial charge in [0.2, 0.25) is 5.91 Å². The van der Waals surface area contributed by atoms with Gasteiger partial charge in [-0.05, 0) is 72.7 Å². The molecular formula is C29H34F3N3O4S. The lowest BCUT2D eigenvalue weighted by molar-refractivity contribution is -0.137. The van der Waals surface area contributed by atoms with Gasteiger partial charge in [-0.25, -0.2) is 4.79 Å². The summed E-state index contributed by atoms with van der Waals surface area (Å²) in [5.74, 6) is 0.934. The monoisotopic (exact) mass is 577 g/mol. The Labute approximate surface area is 236 Å². The lowest BCUT2D eigenvalue weighted by atomic mass is 10.1. The van der Waals surface area contributed by atoms with Gasteiger partial charge in [0, 0.05) is 23.7 Å². The number of hydrogen-bond donors (Lipinski definition) is 1. The molecule has 3 rings (SSSR count). The topological polar surface area (TPSA) is 71.1 Å². The van der Waals surface area contributed by atoms with E-state index in [2.05, 4.69) is 5.32 Å². The lowest BCUT2D eigenvalue weighted by Crippen LogP contribution is -2.45. The van der Waals surface area contributed by atoms with Gasteiger partial charge in [-0.1, -0.05) is 19.1 Å². The number of thiophene rings is 1. The van der Waals surface area contributed by atoms with Crippen LogP contribution in [0.1, 0.15) is 34.9 Å². The van der Waals surface area contributed by atoms with Gasteiger partial charge in [-0.2, -0.15) is 13.2 Å². The molecule has 0 saturated heterocycles. The van der Waals surface area contributed by atoms with E-state index in [1.165, 1.54) is 17.0 Å². The molecule has 0 fully saturated rings. The Kier molecular flexibility index (Phi) is 10.8. The summed E-state index contributed by atoms with van der Waals surface area (Å²) in [6, 6.07) is 11.4. The van der Waals surface area contributed by atoms with Crippen LogP contribution in [-0.2, 0) is 23.9 Å². The van der Waals surface area contributed by atoms with Crippen molar-refractivity contribution in [2.75, 3.05) is 39.2 Å². The molecule has 0 bridgehead atoms. The molecule has 0 aliphatic heterocycles. The second kappa shape index (κ2) is 14.1. The average Bonchev–Trinajstić information content (AvgIpc) is 3.34. The molecule has 0 atom stereocenters. The van der Waals surface area contributed by atoms with Crippen LogP contribution in [0.15, 0.2) is 53.9 Å². The zero-order valence-corrected chi connectivity index (χ0v) is 23.8. The van der Waals surface area contributed by atoms with Crippen molar-refractivity contribution in [3.8, 4) is 11.5 Å². The number of amides is 3. The summed E-state index contributed by atoms with van der Waals surface area (Å²) in [7, 11) is 3.12. The molecule has 1 N–H and O–H groups in total. The van der Waals surface area contributed by atoms with Crippen LogP contribution in [-0.4, -0.2) is 55.6 Å². The summed E-state index contributed by atoms with van der Waals surface area (Å²) in [5.41, 5.74) is 1.16. The van der Waals surface area contributed by atoms with Crippen molar-refractivity contribution in [2.45, 2.75) is 39.4 Å². The summed E-state index contributed by atoms with van der Waals surface area (Å²) in [6.45, 7) is 4.66. The number of nitrogens with one attached hydrogen (secondary N) is 1. The van der Waals surface area contributed by atoms with E-state index < -0.39 is 17.8 Å². The zero-order valence-electron chi connectivity index (χ0n) is 23.0. The van der Waals surface area contributed by atoms with Gasteiger partial charge in [-0.3, -0.25) is 4.79 Å². The first kappa shape index (κ1) is 30.8. The van der Waals surface area contributed by atoms with E-state index >= 15 is 0 Å². The molecule has 40 heavy (non-hydrogen) atoms. The van der Waals surface area contributed by atoms with Gasteiger partial charge in [0.25, 0.3) is 0 Å². The van der Waals surface area contributed by atoms with Crippen molar-refractivity contribution >= 4 is 29.0 Å². The molecule has 216 valence electrons. The van der Waals surface area contributed by atoms with Crippen LogP contribution in [0.5, 0.6) is 11.5 Å². The maximum atomic E-state index is 13.6. The van der Waals surface area contributed by atoms with Crippen LogP contribution in [0.25, 0.3) is 0 Å². The van der Waals surface area contributed by atoms with Crippen LogP contribution in [0.4, 0.5) is 23.7 Å². The summed E-state index contributed by atoms with van der Waals surface area (Å²) in [6.07, 6.45) is -3.42. The van der Waals surface area contributed by atoms with E-state index in [0.717, 1.165) is 28.1 Å². The Morgan fingerprint density at radius 3 is 2.35 bits per heavy atom. The first-order chi connectivity index (χ1) is 19.0. The second-order valence-corrected chi connectivity index (χ2v) is 10.2. The van der Waals surface area contributed by atoms with E-state index in [4.69, 9.17) is 9.47 Å². The van der Waals surface area contributed by atoms with E-state index in [9.17, 15) is 22.8 Å². The fourth-order valence-corrected chi connectivity index (χ4v) is 5.01. The molecule has 0 aliphatic carbocycles. The molecule has 1 aromatic heterocycles. The number of benzene rings is 2. The minimum atomic E-state index is -4.53. The highest BCUT2D eigenvalue weighted by atomic mass is 32.1. The van der Waals surface area contributed by atoms with Gasteiger partial charge in [0.15, 0.2) is 11.5 Å². The minimum Gasteiger partial charge on any atom is -0.493 e. The highest BCUT2D eigenvalue weighted by Gasteiger charge is 2.31. The van der Waals surface area contributed by atoms with Crippen molar-refractivity contribution in [3.63, 3.8) is 0 Å². The van der Waals surface area contributed by atoms with Crippen LogP contribution >= 0.6 is 11.3 Å². The Hall–Kier alpha value is -3.73. The third kappa shape index (κ3) is 8.38. The molecule has 0 spiro atoms. The molecule has 2 aromatic carbocycles. The number of aryl methyl sites for hydroxylation is 1. The Bertz CT molecular complexity index is 1300. The molecule has 0 saturated carbocycles. The summed E-state index contributed by atoms with van der Waals surface area (Å²) < 4.78 is 50.1. The lowest BCUT2D eigenvalue weighted by Gasteiger charge is -2.28. The van der Waals surface area contributed by atoms with Crippen LogP contribution in [0.2, 0.25) is 0 Å². The van der Waals surface area contributed by atoms with Crippen LogP contribution in [0, 0.1) is 6.92 Å². The van der Waals surface area contributed by atoms with E-state index in [0.29, 0.717) is 37.4 Å². The largest absolute Gasteiger partial charge is 0.493 e. The standard InChI is InChI=1S/C29H34F3N3O4S/c1-5-13-35(28(37)33-23-8-6-7-22(17-23)29(30,31)32)19-27(36)34(18-26-20(2)12-15-40-26)14-11-21-9-10-24(38-3)25(16-21)39-4/h6-10,12,15-17H,5,11,13-14,18-19H2,1-4H3,(H,33,37). The number of rotatable bonds is 12. The summed E-state index contributed by atoms with van der Waals surface area (Å²) >= 11 is 1.55. The van der Waals surface area contributed by atoms with Gasteiger partial charge in [-0.15, -0.1) is 11.3 Å². The van der Waals surface area contributed by atoms with Crippen molar-refractivity contribution in [2.24, 2.45) is 0 Å². The predicted octanol–water partition coefficient (Wildman–Crippen LogP) is 6.61. The van der Waals surface area contributed by atoms with Gasteiger partial charge < -0.3 is 24.6 Å². The number of carbonyl (C=O) groups is 2. The molecule has 0 radical (unpaired) electrons. The van der Waals surface area contributed by atoms with E-state index in [-0.39, 0.29) is 24.7 Å². The normalized spacial score (nSPS) is 11.2. The number of anilines is 1. The van der Waals surface area contributed by atoms with Crippen molar-refractivity contribution in [1.29, 1.82) is 0 Å². The van der Waals surface area contributed by atoms with Crippen molar-refractivity contribution in [1.82, 2.24) is 9.80 Å². The molecule has 3 amide bonds. The molecular weight excluding hydrogens is 543 g/mol. The zero-order chi connectivity index (χ0) is 29.3. The highest BCUT2D eigenvalue weighted by molar-refractivity contribution is 7.10.